The number of hydrogen-bond donors (Lipinski definition) is 1. The molecule has 0 radical (unpaired) electrons. The molecule has 0 aliphatic carbocycles. The summed E-state index contributed by atoms with van der Waals surface area (Å²) in [5.74, 6) is 0.577. The second kappa shape index (κ2) is 7.72. The number of aliphatic hydroxyl groups is 1. The molecule has 0 aliphatic heterocycles. The molecule has 108 valence electrons. The van der Waals surface area contributed by atoms with Gasteiger partial charge in [-0.3, -0.25) is 0 Å². The number of ether oxygens (including phenoxy) is 2. The zero-order valence-electron chi connectivity index (χ0n) is 10.0. The van der Waals surface area contributed by atoms with Crippen LogP contribution in [-0.4, -0.2) is 31.1 Å². The Kier molecular flexibility index (Phi) is 6.60. The molecular weight excluding hydrogens is 329 g/mol. The van der Waals surface area contributed by atoms with E-state index in [1.54, 1.807) is 18.2 Å². The Labute approximate surface area is 117 Å². The Morgan fingerprint density at radius 3 is 2.53 bits per heavy atom. The Balaban J connectivity index is 2.23. The van der Waals surface area contributed by atoms with Crippen molar-refractivity contribution >= 4 is 15.9 Å². The number of aliphatic hydroxyl groups excluding tert-OH is 1. The topological polar surface area (TPSA) is 38.7 Å². The van der Waals surface area contributed by atoms with E-state index >= 15 is 0 Å². The van der Waals surface area contributed by atoms with Gasteiger partial charge in [0.15, 0.2) is 0 Å². The molecule has 1 rings (SSSR count). The SMILES string of the molecule is OCc1ccc(OCCCOCC(F)(F)F)c(Br)c1. The molecule has 0 saturated heterocycles. The number of benzene rings is 1. The minimum Gasteiger partial charge on any atom is -0.492 e. The molecule has 0 aromatic heterocycles. The van der Waals surface area contributed by atoms with Gasteiger partial charge in [-0.1, -0.05) is 6.07 Å². The van der Waals surface area contributed by atoms with Crippen molar-refractivity contribution in [2.45, 2.75) is 19.2 Å². The summed E-state index contributed by atoms with van der Waals surface area (Å²) in [6, 6.07) is 5.11. The molecule has 1 aromatic carbocycles. The maximum Gasteiger partial charge on any atom is 0.411 e. The summed E-state index contributed by atoms with van der Waals surface area (Å²) in [4.78, 5) is 0. The molecule has 0 unspecified atom stereocenters. The van der Waals surface area contributed by atoms with Gasteiger partial charge >= 0.3 is 6.18 Å². The molecule has 0 saturated carbocycles. The summed E-state index contributed by atoms with van der Waals surface area (Å²) >= 11 is 3.28. The Hall–Kier alpha value is -0.790. The first-order chi connectivity index (χ1) is 8.92. The number of rotatable bonds is 7. The average molecular weight is 343 g/mol. The maximum absolute atomic E-state index is 11.8. The second-order valence-corrected chi connectivity index (χ2v) is 4.65. The summed E-state index contributed by atoms with van der Waals surface area (Å²) in [5, 5.41) is 8.92. The summed E-state index contributed by atoms with van der Waals surface area (Å²) in [6.07, 6.45) is -3.92. The van der Waals surface area contributed by atoms with E-state index in [4.69, 9.17) is 9.84 Å². The third-order valence-electron chi connectivity index (χ3n) is 2.14. The maximum atomic E-state index is 11.8. The van der Waals surface area contributed by atoms with Crippen molar-refractivity contribution in [3.8, 4) is 5.75 Å². The van der Waals surface area contributed by atoms with E-state index in [-0.39, 0.29) is 19.8 Å². The van der Waals surface area contributed by atoms with Crippen LogP contribution in [0.15, 0.2) is 22.7 Å². The lowest BCUT2D eigenvalue weighted by Crippen LogP contribution is -2.18. The molecule has 1 N–H and O–H groups in total. The first kappa shape index (κ1) is 16.3. The van der Waals surface area contributed by atoms with E-state index in [2.05, 4.69) is 20.7 Å². The van der Waals surface area contributed by atoms with E-state index in [9.17, 15) is 13.2 Å². The monoisotopic (exact) mass is 342 g/mol. The predicted molar refractivity (Wildman–Crippen MR) is 67.1 cm³/mol. The van der Waals surface area contributed by atoms with Crippen LogP contribution in [0.5, 0.6) is 5.75 Å². The summed E-state index contributed by atoms with van der Waals surface area (Å²) < 4.78 is 45.8. The van der Waals surface area contributed by atoms with Gasteiger partial charge in [0.05, 0.1) is 24.3 Å². The highest BCUT2D eigenvalue weighted by molar-refractivity contribution is 9.10. The van der Waals surface area contributed by atoms with Crippen LogP contribution in [0.25, 0.3) is 0 Å². The van der Waals surface area contributed by atoms with Crippen molar-refractivity contribution in [1.82, 2.24) is 0 Å². The molecule has 3 nitrogen and oxygen atoms in total. The fraction of sp³-hybridized carbons (Fsp3) is 0.500. The third-order valence-corrected chi connectivity index (χ3v) is 2.75. The van der Waals surface area contributed by atoms with Crippen molar-refractivity contribution < 1.29 is 27.8 Å². The van der Waals surface area contributed by atoms with Crippen LogP contribution in [-0.2, 0) is 11.3 Å². The standard InChI is InChI=1S/C12H14BrF3O3/c13-10-6-9(7-17)2-3-11(10)19-5-1-4-18-8-12(14,15)16/h2-3,6,17H,1,4-5,7-8H2. The van der Waals surface area contributed by atoms with Gasteiger partial charge in [-0.2, -0.15) is 13.2 Å². The lowest BCUT2D eigenvalue weighted by atomic mass is 10.2. The zero-order valence-corrected chi connectivity index (χ0v) is 11.6. The van der Waals surface area contributed by atoms with Crippen molar-refractivity contribution in [2.24, 2.45) is 0 Å². The van der Waals surface area contributed by atoms with Gasteiger partial charge in [0.2, 0.25) is 0 Å². The van der Waals surface area contributed by atoms with Gasteiger partial charge < -0.3 is 14.6 Å². The van der Waals surface area contributed by atoms with Crippen LogP contribution in [0.2, 0.25) is 0 Å². The lowest BCUT2D eigenvalue weighted by Gasteiger charge is -2.10. The van der Waals surface area contributed by atoms with Gasteiger partial charge in [0, 0.05) is 6.42 Å². The van der Waals surface area contributed by atoms with E-state index in [1.165, 1.54) is 0 Å². The van der Waals surface area contributed by atoms with Crippen LogP contribution in [0.1, 0.15) is 12.0 Å². The lowest BCUT2D eigenvalue weighted by molar-refractivity contribution is -0.174. The Morgan fingerprint density at radius 1 is 1.21 bits per heavy atom. The average Bonchev–Trinajstić information content (AvgIpc) is 2.33. The van der Waals surface area contributed by atoms with Gasteiger partial charge in [-0.25, -0.2) is 0 Å². The number of alkyl halides is 3. The highest BCUT2D eigenvalue weighted by Gasteiger charge is 2.27. The van der Waals surface area contributed by atoms with Crippen LogP contribution >= 0.6 is 15.9 Å². The predicted octanol–water partition coefficient (Wildman–Crippen LogP) is 3.29. The van der Waals surface area contributed by atoms with Crippen molar-refractivity contribution in [1.29, 1.82) is 0 Å². The van der Waals surface area contributed by atoms with Crippen molar-refractivity contribution in [3.05, 3.63) is 28.2 Å². The van der Waals surface area contributed by atoms with Gasteiger partial charge in [-0.05, 0) is 33.6 Å². The molecular formula is C12H14BrF3O3. The molecule has 0 atom stereocenters. The minimum atomic E-state index is -4.29. The molecule has 0 bridgehead atoms. The van der Waals surface area contributed by atoms with Gasteiger partial charge in [-0.15, -0.1) is 0 Å². The van der Waals surface area contributed by atoms with Crippen LogP contribution in [0.4, 0.5) is 13.2 Å². The molecule has 19 heavy (non-hydrogen) atoms. The molecule has 7 heteroatoms. The molecule has 0 spiro atoms. The van der Waals surface area contributed by atoms with Crippen LogP contribution in [0, 0.1) is 0 Å². The minimum absolute atomic E-state index is 0.00808. The summed E-state index contributed by atoms with van der Waals surface area (Å²) in [5.41, 5.74) is 0.743. The summed E-state index contributed by atoms with van der Waals surface area (Å²) in [7, 11) is 0. The first-order valence-electron chi connectivity index (χ1n) is 5.59. The van der Waals surface area contributed by atoms with Crippen molar-refractivity contribution in [3.63, 3.8) is 0 Å². The van der Waals surface area contributed by atoms with E-state index in [0.717, 1.165) is 5.56 Å². The fourth-order valence-electron chi connectivity index (χ4n) is 1.29. The third kappa shape index (κ3) is 6.79. The molecule has 0 fully saturated rings. The molecule has 0 amide bonds. The second-order valence-electron chi connectivity index (χ2n) is 3.79. The van der Waals surface area contributed by atoms with E-state index in [0.29, 0.717) is 16.6 Å². The molecule has 1 aromatic rings. The summed E-state index contributed by atoms with van der Waals surface area (Å²) in [6.45, 7) is -1.05. The van der Waals surface area contributed by atoms with Crippen LogP contribution < -0.4 is 4.74 Å². The van der Waals surface area contributed by atoms with E-state index < -0.39 is 12.8 Å². The number of hydrogen-bond acceptors (Lipinski definition) is 3. The smallest absolute Gasteiger partial charge is 0.411 e. The van der Waals surface area contributed by atoms with Gasteiger partial charge in [0.1, 0.15) is 12.4 Å². The van der Waals surface area contributed by atoms with E-state index in [1.807, 2.05) is 0 Å². The van der Waals surface area contributed by atoms with Gasteiger partial charge in [0.25, 0.3) is 0 Å². The largest absolute Gasteiger partial charge is 0.492 e. The Bertz CT molecular complexity index is 396. The highest BCUT2D eigenvalue weighted by atomic mass is 79.9. The fourth-order valence-corrected chi connectivity index (χ4v) is 1.83. The molecule has 0 heterocycles. The Morgan fingerprint density at radius 2 is 1.95 bits per heavy atom. The zero-order chi connectivity index (χ0) is 14.3. The molecule has 0 aliphatic rings. The highest BCUT2D eigenvalue weighted by Crippen LogP contribution is 2.26. The first-order valence-corrected chi connectivity index (χ1v) is 6.38. The van der Waals surface area contributed by atoms with Crippen molar-refractivity contribution in [2.75, 3.05) is 19.8 Å². The van der Waals surface area contributed by atoms with Crippen LogP contribution in [0.3, 0.4) is 0 Å². The normalized spacial score (nSPS) is 11.6. The quantitative estimate of drug-likeness (QED) is 0.773. The number of halogens is 4.